The van der Waals surface area contributed by atoms with Gasteiger partial charge in [0.05, 0.1) is 4.92 Å². The first-order chi connectivity index (χ1) is 9.95. The SMILES string of the molecule is CCC1CN(C(=O)c2cccc(C)c2[N+](=O)[O-])CCC1N. The van der Waals surface area contributed by atoms with E-state index >= 15 is 0 Å². The van der Waals surface area contributed by atoms with Crippen LogP contribution in [0.2, 0.25) is 0 Å². The molecule has 1 aliphatic rings. The minimum absolute atomic E-state index is 0.0922. The number of piperidine rings is 1. The fourth-order valence-corrected chi connectivity index (χ4v) is 2.91. The van der Waals surface area contributed by atoms with Crippen LogP contribution in [-0.4, -0.2) is 34.9 Å². The molecule has 6 nitrogen and oxygen atoms in total. The summed E-state index contributed by atoms with van der Waals surface area (Å²) in [5, 5.41) is 11.2. The summed E-state index contributed by atoms with van der Waals surface area (Å²) in [7, 11) is 0. The van der Waals surface area contributed by atoms with Gasteiger partial charge in [-0.15, -0.1) is 0 Å². The minimum Gasteiger partial charge on any atom is -0.338 e. The number of aryl methyl sites for hydroxylation is 1. The van der Waals surface area contributed by atoms with Crippen molar-refractivity contribution in [2.45, 2.75) is 32.7 Å². The lowest BCUT2D eigenvalue weighted by Gasteiger charge is -2.36. The molecule has 0 bridgehead atoms. The van der Waals surface area contributed by atoms with Crippen LogP contribution in [0, 0.1) is 23.0 Å². The zero-order valence-electron chi connectivity index (χ0n) is 12.4. The lowest BCUT2D eigenvalue weighted by atomic mass is 9.90. The molecule has 114 valence electrons. The Hall–Kier alpha value is -1.95. The van der Waals surface area contributed by atoms with Crippen LogP contribution < -0.4 is 5.73 Å². The number of likely N-dealkylation sites (tertiary alicyclic amines) is 1. The lowest BCUT2D eigenvalue weighted by Crippen LogP contribution is -2.49. The van der Waals surface area contributed by atoms with Crippen molar-refractivity contribution < 1.29 is 9.72 Å². The van der Waals surface area contributed by atoms with E-state index in [0.29, 0.717) is 18.7 Å². The highest BCUT2D eigenvalue weighted by molar-refractivity contribution is 5.98. The summed E-state index contributed by atoms with van der Waals surface area (Å²) in [6.45, 7) is 4.83. The molecule has 1 amide bonds. The molecular formula is C15H21N3O3. The minimum atomic E-state index is -0.477. The van der Waals surface area contributed by atoms with Crippen LogP contribution in [0.1, 0.15) is 35.7 Å². The normalized spacial score (nSPS) is 22.1. The zero-order valence-corrected chi connectivity index (χ0v) is 12.4. The molecule has 2 unspecified atom stereocenters. The van der Waals surface area contributed by atoms with Gasteiger partial charge in [0.2, 0.25) is 0 Å². The first kappa shape index (κ1) is 15.4. The van der Waals surface area contributed by atoms with Crippen LogP contribution >= 0.6 is 0 Å². The van der Waals surface area contributed by atoms with Crippen LogP contribution in [0.4, 0.5) is 5.69 Å². The number of nitro groups is 1. The van der Waals surface area contributed by atoms with E-state index in [1.807, 2.05) is 6.92 Å². The highest BCUT2D eigenvalue weighted by atomic mass is 16.6. The molecule has 2 atom stereocenters. The van der Waals surface area contributed by atoms with Crippen LogP contribution in [0.15, 0.2) is 18.2 Å². The second kappa shape index (κ2) is 6.22. The van der Waals surface area contributed by atoms with Crippen molar-refractivity contribution in [2.24, 2.45) is 11.7 Å². The number of hydrogen-bond donors (Lipinski definition) is 1. The maximum absolute atomic E-state index is 12.6. The Kier molecular flexibility index (Phi) is 4.57. The van der Waals surface area contributed by atoms with Crippen molar-refractivity contribution >= 4 is 11.6 Å². The third kappa shape index (κ3) is 3.05. The van der Waals surface area contributed by atoms with Gasteiger partial charge in [0, 0.05) is 24.7 Å². The molecular weight excluding hydrogens is 270 g/mol. The van der Waals surface area contributed by atoms with Gasteiger partial charge in [-0.1, -0.05) is 25.5 Å². The van der Waals surface area contributed by atoms with Gasteiger partial charge in [-0.05, 0) is 25.3 Å². The van der Waals surface area contributed by atoms with Crippen LogP contribution in [-0.2, 0) is 0 Å². The number of carbonyl (C=O) groups excluding carboxylic acids is 1. The molecule has 0 aliphatic carbocycles. The largest absolute Gasteiger partial charge is 0.338 e. The Morgan fingerprint density at radius 2 is 2.24 bits per heavy atom. The number of nitrogens with two attached hydrogens (primary N) is 1. The summed E-state index contributed by atoms with van der Waals surface area (Å²) in [4.78, 5) is 25.1. The van der Waals surface area contributed by atoms with E-state index in [9.17, 15) is 14.9 Å². The molecule has 1 saturated heterocycles. The highest BCUT2D eigenvalue weighted by Crippen LogP contribution is 2.27. The van der Waals surface area contributed by atoms with Crippen molar-refractivity contribution in [1.82, 2.24) is 4.90 Å². The Morgan fingerprint density at radius 3 is 2.86 bits per heavy atom. The van der Waals surface area contributed by atoms with Gasteiger partial charge in [0.1, 0.15) is 5.56 Å². The van der Waals surface area contributed by atoms with Gasteiger partial charge in [-0.25, -0.2) is 0 Å². The average molecular weight is 291 g/mol. The number of hydrogen-bond acceptors (Lipinski definition) is 4. The number of nitro benzene ring substituents is 1. The van der Waals surface area contributed by atoms with Crippen LogP contribution in [0.3, 0.4) is 0 Å². The second-order valence-electron chi connectivity index (χ2n) is 5.60. The summed E-state index contributed by atoms with van der Waals surface area (Å²) < 4.78 is 0. The number of nitrogens with zero attached hydrogens (tertiary/aromatic N) is 2. The Balaban J connectivity index is 2.29. The molecule has 1 fully saturated rings. The third-order valence-corrected chi connectivity index (χ3v) is 4.26. The predicted octanol–water partition coefficient (Wildman–Crippen LogP) is 2.10. The first-order valence-electron chi connectivity index (χ1n) is 7.24. The van der Waals surface area contributed by atoms with Crippen molar-refractivity contribution in [3.63, 3.8) is 0 Å². The fraction of sp³-hybridized carbons (Fsp3) is 0.533. The number of benzene rings is 1. The summed E-state index contributed by atoms with van der Waals surface area (Å²) in [5.74, 6) is -0.0117. The maximum atomic E-state index is 12.6. The van der Waals surface area contributed by atoms with E-state index in [-0.39, 0.29) is 29.1 Å². The van der Waals surface area contributed by atoms with Gasteiger partial charge < -0.3 is 10.6 Å². The van der Waals surface area contributed by atoms with E-state index in [0.717, 1.165) is 12.8 Å². The van der Waals surface area contributed by atoms with E-state index in [1.54, 1.807) is 24.0 Å². The first-order valence-corrected chi connectivity index (χ1v) is 7.24. The summed E-state index contributed by atoms with van der Waals surface area (Å²) in [6.07, 6.45) is 1.64. The summed E-state index contributed by atoms with van der Waals surface area (Å²) in [6, 6.07) is 4.97. The van der Waals surface area contributed by atoms with Gasteiger partial charge >= 0.3 is 0 Å². The van der Waals surface area contributed by atoms with Gasteiger partial charge in [0.15, 0.2) is 0 Å². The molecule has 0 saturated carbocycles. The molecule has 1 aliphatic heterocycles. The average Bonchev–Trinajstić information content (AvgIpc) is 2.46. The van der Waals surface area contributed by atoms with Crippen molar-refractivity contribution in [3.05, 3.63) is 39.4 Å². The molecule has 21 heavy (non-hydrogen) atoms. The zero-order chi connectivity index (χ0) is 15.6. The van der Waals surface area contributed by atoms with E-state index in [1.165, 1.54) is 6.07 Å². The van der Waals surface area contributed by atoms with Crippen molar-refractivity contribution in [1.29, 1.82) is 0 Å². The molecule has 2 N–H and O–H groups in total. The molecule has 1 heterocycles. The maximum Gasteiger partial charge on any atom is 0.285 e. The van der Waals surface area contributed by atoms with Crippen molar-refractivity contribution in [3.8, 4) is 0 Å². The molecule has 0 radical (unpaired) electrons. The van der Waals surface area contributed by atoms with E-state index in [2.05, 4.69) is 0 Å². The van der Waals surface area contributed by atoms with Crippen molar-refractivity contribution in [2.75, 3.05) is 13.1 Å². The fourth-order valence-electron chi connectivity index (χ4n) is 2.91. The smallest absolute Gasteiger partial charge is 0.285 e. The molecule has 0 aromatic heterocycles. The molecule has 1 aromatic rings. The molecule has 0 spiro atoms. The summed E-state index contributed by atoms with van der Waals surface area (Å²) >= 11 is 0. The topological polar surface area (TPSA) is 89.5 Å². The monoisotopic (exact) mass is 291 g/mol. The predicted molar refractivity (Wildman–Crippen MR) is 80.1 cm³/mol. The Labute approximate surface area is 124 Å². The Morgan fingerprint density at radius 1 is 1.52 bits per heavy atom. The molecule has 1 aromatic carbocycles. The standard InChI is InChI=1S/C15H21N3O3/c1-3-11-9-17(8-7-13(11)16)15(19)12-6-4-5-10(2)14(12)18(20)21/h4-6,11,13H,3,7-9,16H2,1-2H3. The third-order valence-electron chi connectivity index (χ3n) is 4.26. The highest BCUT2D eigenvalue weighted by Gasteiger charge is 2.32. The lowest BCUT2D eigenvalue weighted by molar-refractivity contribution is -0.385. The van der Waals surface area contributed by atoms with Gasteiger partial charge in [0.25, 0.3) is 11.6 Å². The van der Waals surface area contributed by atoms with Gasteiger partial charge in [-0.3, -0.25) is 14.9 Å². The number of amides is 1. The van der Waals surface area contributed by atoms with E-state index < -0.39 is 4.92 Å². The molecule has 6 heteroatoms. The number of carbonyl (C=O) groups is 1. The quantitative estimate of drug-likeness (QED) is 0.682. The van der Waals surface area contributed by atoms with E-state index in [4.69, 9.17) is 5.73 Å². The number of rotatable bonds is 3. The van der Waals surface area contributed by atoms with Gasteiger partial charge in [-0.2, -0.15) is 0 Å². The molecule has 2 rings (SSSR count). The Bertz CT molecular complexity index is 559. The number of para-hydroxylation sites is 1. The van der Waals surface area contributed by atoms with Crippen LogP contribution in [0.5, 0.6) is 0 Å². The second-order valence-corrected chi connectivity index (χ2v) is 5.60. The summed E-state index contributed by atoms with van der Waals surface area (Å²) in [5.41, 5.74) is 6.63. The van der Waals surface area contributed by atoms with Crippen LogP contribution in [0.25, 0.3) is 0 Å².